The number of benzene rings is 1. The number of carbonyl (C=O) groups is 5. The minimum atomic E-state index is -0.561. The van der Waals surface area contributed by atoms with Crippen LogP contribution in [0.1, 0.15) is 93.1 Å². The Labute approximate surface area is 287 Å². The van der Waals surface area contributed by atoms with Crippen molar-refractivity contribution in [1.29, 1.82) is 0 Å². The van der Waals surface area contributed by atoms with Crippen LogP contribution in [0, 0.1) is 0 Å². The first-order valence-corrected chi connectivity index (χ1v) is 17.5. The van der Waals surface area contributed by atoms with Gasteiger partial charge in [0.1, 0.15) is 17.9 Å². The van der Waals surface area contributed by atoms with Gasteiger partial charge in [-0.1, -0.05) is 32.9 Å². The van der Waals surface area contributed by atoms with E-state index in [9.17, 15) is 24.0 Å². The van der Waals surface area contributed by atoms with Gasteiger partial charge in [0, 0.05) is 42.5 Å². The second kappa shape index (κ2) is 27.9. The third-order valence-corrected chi connectivity index (χ3v) is 7.77. The largest absolute Gasteiger partial charge is 0.444 e. The SMILES string of the molecule is CC.CC(CCC(N)=O)NC=O.CC1CCC(CCNCC(C=O)NC(=O)OC(C)(C)C)N1C.CCSc1ccc(CNC=O)cc1. The predicted molar refractivity (Wildman–Crippen MR) is 191 cm³/mol. The van der Waals surface area contributed by atoms with Gasteiger partial charge < -0.3 is 41.4 Å². The van der Waals surface area contributed by atoms with Gasteiger partial charge in [-0.15, -0.1) is 11.8 Å². The van der Waals surface area contributed by atoms with E-state index in [1.54, 1.807) is 20.8 Å². The fourth-order valence-electron chi connectivity index (χ4n) is 4.26. The zero-order valence-corrected chi connectivity index (χ0v) is 30.9. The highest BCUT2D eigenvalue weighted by atomic mass is 32.2. The smallest absolute Gasteiger partial charge is 0.408 e. The van der Waals surface area contributed by atoms with Gasteiger partial charge in [0.05, 0.1) is 0 Å². The number of amides is 4. The van der Waals surface area contributed by atoms with E-state index in [0.717, 1.165) is 30.6 Å². The molecule has 0 radical (unpaired) electrons. The molecule has 0 aliphatic carbocycles. The molecule has 47 heavy (non-hydrogen) atoms. The summed E-state index contributed by atoms with van der Waals surface area (Å²) in [5, 5.41) is 10.9. The molecule has 4 amide bonds. The van der Waals surface area contributed by atoms with Crippen molar-refractivity contribution >= 4 is 42.9 Å². The molecule has 2 rings (SSSR count). The number of alkyl carbamates (subject to hydrolysis) is 1. The molecule has 6 N–H and O–H groups in total. The molecule has 0 spiro atoms. The second-order valence-corrected chi connectivity index (χ2v) is 13.2. The number of nitrogens with two attached hydrogens (primary N) is 1. The van der Waals surface area contributed by atoms with E-state index >= 15 is 0 Å². The van der Waals surface area contributed by atoms with E-state index in [0.29, 0.717) is 50.8 Å². The van der Waals surface area contributed by atoms with Crippen molar-refractivity contribution in [2.24, 2.45) is 5.73 Å². The van der Waals surface area contributed by atoms with E-state index in [-0.39, 0.29) is 11.9 Å². The maximum Gasteiger partial charge on any atom is 0.408 e. The van der Waals surface area contributed by atoms with Gasteiger partial charge in [-0.2, -0.15) is 0 Å². The zero-order valence-electron chi connectivity index (χ0n) is 30.1. The van der Waals surface area contributed by atoms with E-state index in [2.05, 4.69) is 59.2 Å². The lowest BCUT2D eigenvalue weighted by atomic mass is 10.1. The van der Waals surface area contributed by atoms with Gasteiger partial charge >= 0.3 is 6.09 Å². The first-order valence-electron chi connectivity index (χ1n) is 16.5. The fourth-order valence-corrected chi connectivity index (χ4v) is 4.92. The van der Waals surface area contributed by atoms with Gasteiger partial charge in [-0.25, -0.2) is 4.79 Å². The number of nitrogens with zero attached hydrogens (tertiary/aromatic N) is 1. The second-order valence-electron chi connectivity index (χ2n) is 11.9. The number of carbonyl (C=O) groups excluding carboxylic acids is 5. The lowest BCUT2D eigenvalue weighted by molar-refractivity contribution is -0.118. The Morgan fingerprint density at radius 2 is 1.74 bits per heavy atom. The van der Waals surface area contributed by atoms with E-state index in [1.165, 1.54) is 17.7 Å². The molecule has 0 aromatic heterocycles. The number of aldehydes is 1. The van der Waals surface area contributed by atoms with Crippen molar-refractivity contribution in [1.82, 2.24) is 26.2 Å². The summed E-state index contributed by atoms with van der Waals surface area (Å²) in [5.74, 6) is 0.755. The molecule has 1 aromatic carbocycles. The summed E-state index contributed by atoms with van der Waals surface area (Å²) in [7, 11) is 2.17. The van der Waals surface area contributed by atoms with Crippen molar-refractivity contribution in [3.63, 3.8) is 0 Å². The molecule has 1 aromatic rings. The first-order chi connectivity index (χ1) is 22.3. The maximum atomic E-state index is 11.6. The number of ether oxygens (including phenoxy) is 1. The van der Waals surface area contributed by atoms with Crippen LogP contribution in [0.25, 0.3) is 0 Å². The van der Waals surface area contributed by atoms with Crippen LogP contribution in [0.5, 0.6) is 0 Å². The maximum absolute atomic E-state index is 11.6. The molecule has 1 fully saturated rings. The topological polar surface area (TPSA) is 172 Å². The highest BCUT2D eigenvalue weighted by Gasteiger charge is 2.26. The molecule has 1 heterocycles. The Hall–Kier alpha value is -3.16. The van der Waals surface area contributed by atoms with Crippen molar-refractivity contribution in [2.45, 2.75) is 129 Å². The molecule has 12 nitrogen and oxygen atoms in total. The average molecular weight is 683 g/mol. The number of likely N-dealkylation sites (tertiary alicyclic amines) is 1. The Morgan fingerprint density at radius 3 is 2.21 bits per heavy atom. The van der Waals surface area contributed by atoms with Gasteiger partial charge in [0.2, 0.25) is 18.7 Å². The minimum Gasteiger partial charge on any atom is -0.444 e. The minimum absolute atomic E-state index is 0.0324. The molecule has 0 bridgehead atoms. The quantitative estimate of drug-likeness (QED) is 0.0925. The third-order valence-electron chi connectivity index (χ3n) is 6.87. The Kier molecular flexibility index (Phi) is 27.3. The Morgan fingerprint density at radius 1 is 1.11 bits per heavy atom. The number of thioether (sulfide) groups is 1. The lowest BCUT2D eigenvalue weighted by Crippen LogP contribution is -2.45. The highest BCUT2D eigenvalue weighted by molar-refractivity contribution is 7.99. The number of hydrogen-bond acceptors (Lipinski definition) is 9. The fraction of sp³-hybridized carbons (Fsp3) is 0.676. The number of hydrogen-bond donors (Lipinski definition) is 5. The van der Waals surface area contributed by atoms with Crippen LogP contribution in [-0.4, -0.2) is 91.7 Å². The third kappa shape index (κ3) is 25.6. The summed E-state index contributed by atoms with van der Waals surface area (Å²) in [5.41, 5.74) is 5.45. The number of rotatable bonds is 17. The standard InChI is InChI=1S/C16H31N3O3.C10H13NOS.C6H12N2O2.C2H6/c1-12-6-7-14(19(12)5)8-9-17-10-13(11-20)18-15(21)22-16(2,3)4;1-2-13-10-5-3-9(4-6-10)7-11-8-12;1-5(8-4-9)2-3-6(7)10;1-2/h11-14,17H,6-10H2,1-5H3,(H,18,21);3-6,8H,2,7H2,1H3,(H,11,12);4-5H,2-3H2,1H3,(H2,7,10)(H,8,9);1-2H3. The lowest BCUT2D eigenvalue weighted by Gasteiger charge is -2.24. The van der Waals surface area contributed by atoms with Gasteiger partial charge in [-0.3, -0.25) is 14.4 Å². The molecule has 4 unspecified atom stereocenters. The summed E-state index contributed by atoms with van der Waals surface area (Å²) in [6.07, 6.45) is 5.97. The van der Waals surface area contributed by atoms with Gasteiger partial charge in [0.25, 0.3) is 0 Å². The molecule has 4 atom stereocenters. The van der Waals surface area contributed by atoms with Crippen LogP contribution in [0.3, 0.4) is 0 Å². The molecular formula is C34H62N6O6S. The molecule has 1 aliphatic heterocycles. The zero-order chi connectivity index (χ0) is 36.3. The number of nitrogens with one attached hydrogen (secondary N) is 4. The average Bonchev–Trinajstić information content (AvgIpc) is 3.34. The molecule has 0 saturated carbocycles. The van der Waals surface area contributed by atoms with Crippen molar-refractivity contribution < 1.29 is 28.7 Å². The van der Waals surface area contributed by atoms with Gasteiger partial charge in [-0.05, 0) is 97.3 Å². The summed E-state index contributed by atoms with van der Waals surface area (Å²) >= 11 is 1.82. The predicted octanol–water partition coefficient (Wildman–Crippen LogP) is 4.00. The molecule has 13 heteroatoms. The van der Waals surface area contributed by atoms with Crippen LogP contribution in [0.15, 0.2) is 29.2 Å². The summed E-state index contributed by atoms with van der Waals surface area (Å²) in [6.45, 7) is 17.4. The monoisotopic (exact) mass is 682 g/mol. The van der Waals surface area contributed by atoms with Crippen molar-refractivity contribution in [3.8, 4) is 0 Å². The normalized spacial score (nSPS) is 16.6. The first kappa shape index (κ1) is 46.0. The van der Waals surface area contributed by atoms with E-state index < -0.39 is 17.7 Å². The van der Waals surface area contributed by atoms with Crippen LogP contribution in [0.4, 0.5) is 4.79 Å². The van der Waals surface area contributed by atoms with Crippen LogP contribution in [-0.2, 0) is 30.5 Å². The molecular weight excluding hydrogens is 620 g/mol. The summed E-state index contributed by atoms with van der Waals surface area (Å²) in [6, 6.07) is 8.97. The van der Waals surface area contributed by atoms with E-state index in [4.69, 9.17) is 10.5 Å². The number of primary amides is 1. The van der Waals surface area contributed by atoms with E-state index in [1.807, 2.05) is 44.7 Å². The highest BCUT2D eigenvalue weighted by Crippen LogP contribution is 2.23. The van der Waals surface area contributed by atoms with Crippen LogP contribution >= 0.6 is 11.8 Å². The van der Waals surface area contributed by atoms with Crippen molar-refractivity contribution in [3.05, 3.63) is 29.8 Å². The van der Waals surface area contributed by atoms with Crippen LogP contribution < -0.4 is 27.0 Å². The molecule has 1 aliphatic rings. The molecule has 270 valence electrons. The van der Waals surface area contributed by atoms with Crippen LogP contribution in [0.2, 0.25) is 0 Å². The van der Waals surface area contributed by atoms with Gasteiger partial charge in [0.15, 0.2) is 0 Å². The summed E-state index contributed by atoms with van der Waals surface area (Å²) < 4.78 is 5.14. The molecule has 1 saturated heterocycles. The Balaban J connectivity index is 0. The Bertz CT molecular complexity index is 992. The summed E-state index contributed by atoms with van der Waals surface area (Å²) in [4.78, 5) is 56.4. The van der Waals surface area contributed by atoms with Crippen molar-refractivity contribution in [2.75, 3.05) is 25.9 Å².